The van der Waals surface area contributed by atoms with Crippen LogP contribution >= 0.6 is 0 Å². The number of amides is 2. The van der Waals surface area contributed by atoms with E-state index in [9.17, 15) is 14.0 Å². The molecule has 1 saturated heterocycles. The fraction of sp³-hybridized carbons (Fsp3) is 0.294. The molecule has 0 spiro atoms. The molecule has 4 aromatic rings. The van der Waals surface area contributed by atoms with Gasteiger partial charge in [-0.05, 0) is 72.6 Å². The number of carbonyl (C=O) groups is 2. The van der Waals surface area contributed by atoms with Gasteiger partial charge in [-0.15, -0.1) is 10.2 Å². The predicted octanol–water partition coefficient (Wildman–Crippen LogP) is 4.69. The lowest BCUT2D eigenvalue weighted by Crippen LogP contribution is -2.44. The van der Waals surface area contributed by atoms with Gasteiger partial charge >= 0.3 is 0 Å². The molecule has 0 unspecified atom stereocenters. The van der Waals surface area contributed by atoms with Crippen LogP contribution < -0.4 is 19.1 Å². The van der Waals surface area contributed by atoms with E-state index in [0.717, 1.165) is 23.4 Å². The van der Waals surface area contributed by atoms with Crippen molar-refractivity contribution in [2.24, 2.45) is 0 Å². The van der Waals surface area contributed by atoms with Gasteiger partial charge in [0.25, 0.3) is 5.91 Å². The van der Waals surface area contributed by atoms with Crippen LogP contribution in [0, 0.1) is 5.82 Å². The first-order valence-electron chi connectivity index (χ1n) is 14.6. The Morgan fingerprint density at radius 1 is 0.822 bits per heavy atom. The summed E-state index contributed by atoms with van der Waals surface area (Å²) in [6.07, 6.45) is 0.729. The number of halogens is 1. The van der Waals surface area contributed by atoms with Gasteiger partial charge in [-0.2, -0.15) is 0 Å². The number of hydrogen-bond acceptors (Lipinski definition) is 8. The first kappa shape index (κ1) is 31.2. The minimum Gasteiger partial charge on any atom is -0.497 e. The smallest absolute Gasteiger partial charge is 0.254 e. The maximum Gasteiger partial charge on any atom is 0.254 e. The lowest BCUT2D eigenvalue weighted by molar-refractivity contribution is -0.131. The second kappa shape index (κ2) is 14.5. The molecule has 0 bridgehead atoms. The summed E-state index contributed by atoms with van der Waals surface area (Å²) in [5.74, 6) is 1.67. The van der Waals surface area contributed by atoms with Gasteiger partial charge in [-0.3, -0.25) is 9.59 Å². The van der Waals surface area contributed by atoms with Gasteiger partial charge < -0.3 is 28.9 Å². The van der Waals surface area contributed by atoms with Gasteiger partial charge in [-0.25, -0.2) is 4.39 Å². The molecule has 1 fully saturated rings. The van der Waals surface area contributed by atoms with Gasteiger partial charge in [0.1, 0.15) is 18.1 Å². The van der Waals surface area contributed by atoms with Gasteiger partial charge in [-0.1, -0.05) is 18.2 Å². The Bertz CT molecular complexity index is 1620. The first-order valence-corrected chi connectivity index (χ1v) is 14.6. The van der Waals surface area contributed by atoms with Crippen LogP contribution in [0.1, 0.15) is 22.3 Å². The zero-order chi connectivity index (χ0) is 31.8. The summed E-state index contributed by atoms with van der Waals surface area (Å²) in [5, 5.41) is 8.91. The van der Waals surface area contributed by atoms with E-state index in [1.165, 1.54) is 24.1 Å². The minimum absolute atomic E-state index is 0.118. The van der Waals surface area contributed by atoms with Crippen LogP contribution in [0.4, 0.5) is 10.2 Å². The Kier molecular flexibility index (Phi) is 10.1. The Morgan fingerprint density at radius 3 is 2.33 bits per heavy atom. The molecule has 3 aromatic carbocycles. The molecule has 5 rings (SSSR count). The molecular weight excluding hydrogens is 577 g/mol. The standard InChI is InChI=1S/C34H36FN5O5/c1-43-28-7-4-6-26(20-28)34(42)40(22-24-8-11-27(35)12-9-24)23-33(41)39-17-5-16-38(18-19-39)32-15-13-29(36-37-32)25-10-14-30(44-2)31(21-25)45-3/h4,6-15,20-21H,5,16-19,22-23H2,1-3H3. The zero-order valence-corrected chi connectivity index (χ0v) is 25.6. The van der Waals surface area contributed by atoms with Crippen LogP contribution in [0.2, 0.25) is 0 Å². The van der Waals surface area contributed by atoms with Crippen LogP contribution in [0.3, 0.4) is 0 Å². The highest BCUT2D eigenvalue weighted by Gasteiger charge is 2.25. The van der Waals surface area contributed by atoms with Crippen molar-refractivity contribution in [2.45, 2.75) is 13.0 Å². The van der Waals surface area contributed by atoms with Crippen molar-refractivity contribution in [1.82, 2.24) is 20.0 Å². The van der Waals surface area contributed by atoms with Crippen molar-refractivity contribution in [3.8, 4) is 28.5 Å². The van der Waals surface area contributed by atoms with E-state index in [-0.39, 0.29) is 30.7 Å². The van der Waals surface area contributed by atoms with Crippen molar-refractivity contribution in [1.29, 1.82) is 0 Å². The summed E-state index contributed by atoms with van der Waals surface area (Å²) in [6.45, 7) is 2.32. The van der Waals surface area contributed by atoms with Gasteiger partial charge in [0.05, 0.1) is 27.0 Å². The van der Waals surface area contributed by atoms with E-state index in [0.29, 0.717) is 54.7 Å². The minimum atomic E-state index is -0.366. The largest absolute Gasteiger partial charge is 0.497 e. The Hall–Kier alpha value is -5.19. The number of rotatable bonds is 10. The van der Waals surface area contributed by atoms with Gasteiger partial charge in [0, 0.05) is 43.9 Å². The molecule has 0 aliphatic carbocycles. The van der Waals surface area contributed by atoms with Crippen LogP contribution in [-0.2, 0) is 11.3 Å². The number of methoxy groups -OCH3 is 3. The van der Waals surface area contributed by atoms with Gasteiger partial charge in [0.2, 0.25) is 5.91 Å². The molecule has 11 heteroatoms. The third-order valence-electron chi connectivity index (χ3n) is 7.72. The number of benzene rings is 3. The number of anilines is 1. The lowest BCUT2D eigenvalue weighted by Gasteiger charge is -2.27. The van der Waals surface area contributed by atoms with E-state index in [2.05, 4.69) is 15.1 Å². The van der Waals surface area contributed by atoms with Crippen LogP contribution in [0.15, 0.2) is 78.9 Å². The number of nitrogens with zero attached hydrogens (tertiary/aromatic N) is 5. The average Bonchev–Trinajstić information content (AvgIpc) is 3.35. The quantitative estimate of drug-likeness (QED) is 0.254. The van der Waals surface area contributed by atoms with Crippen LogP contribution in [0.25, 0.3) is 11.3 Å². The van der Waals surface area contributed by atoms with E-state index >= 15 is 0 Å². The molecule has 45 heavy (non-hydrogen) atoms. The third kappa shape index (κ3) is 7.67. The fourth-order valence-electron chi connectivity index (χ4n) is 5.25. The zero-order valence-electron chi connectivity index (χ0n) is 25.6. The summed E-state index contributed by atoms with van der Waals surface area (Å²) >= 11 is 0. The molecule has 1 aliphatic heterocycles. The molecule has 1 aliphatic rings. The topological polar surface area (TPSA) is 97.3 Å². The highest BCUT2D eigenvalue weighted by atomic mass is 19.1. The normalized spacial score (nSPS) is 13.2. The summed E-state index contributed by atoms with van der Waals surface area (Å²) < 4.78 is 29.6. The summed E-state index contributed by atoms with van der Waals surface area (Å²) in [6, 6.07) is 22.2. The summed E-state index contributed by atoms with van der Waals surface area (Å²) in [5.41, 5.74) is 2.68. The molecule has 10 nitrogen and oxygen atoms in total. The van der Waals surface area contributed by atoms with Gasteiger partial charge in [0.15, 0.2) is 17.3 Å². The Labute approximate surface area is 261 Å². The SMILES string of the molecule is COc1cccc(C(=O)N(CC(=O)N2CCCN(c3ccc(-c4ccc(OC)c(OC)c4)nn3)CC2)Cc2ccc(F)cc2)c1. The van der Waals surface area contributed by atoms with Crippen LogP contribution in [0.5, 0.6) is 17.2 Å². The monoisotopic (exact) mass is 613 g/mol. The molecule has 0 N–H and O–H groups in total. The predicted molar refractivity (Wildman–Crippen MR) is 168 cm³/mol. The van der Waals surface area contributed by atoms with Crippen molar-refractivity contribution in [3.05, 3.63) is 95.8 Å². The van der Waals surface area contributed by atoms with Crippen molar-refractivity contribution in [3.63, 3.8) is 0 Å². The fourth-order valence-corrected chi connectivity index (χ4v) is 5.25. The van der Waals surface area contributed by atoms with E-state index in [4.69, 9.17) is 14.2 Å². The second-order valence-electron chi connectivity index (χ2n) is 10.6. The lowest BCUT2D eigenvalue weighted by atomic mass is 10.1. The van der Waals surface area contributed by atoms with E-state index < -0.39 is 0 Å². The number of aromatic nitrogens is 2. The third-order valence-corrected chi connectivity index (χ3v) is 7.72. The Balaban J connectivity index is 1.26. The number of hydrogen-bond donors (Lipinski definition) is 0. The van der Waals surface area contributed by atoms with Crippen molar-refractivity contribution in [2.75, 3.05) is 59.0 Å². The highest BCUT2D eigenvalue weighted by molar-refractivity contribution is 5.96. The molecule has 0 saturated carbocycles. The maximum atomic E-state index is 13.6. The maximum absolute atomic E-state index is 13.6. The molecule has 234 valence electrons. The second-order valence-corrected chi connectivity index (χ2v) is 10.6. The molecule has 2 heterocycles. The molecule has 1 aromatic heterocycles. The summed E-state index contributed by atoms with van der Waals surface area (Å²) in [7, 11) is 4.71. The average molecular weight is 614 g/mol. The first-order chi connectivity index (χ1) is 21.9. The molecular formula is C34H36FN5O5. The molecule has 2 amide bonds. The number of ether oxygens (including phenoxy) is 3. The molecule has 0 radical (unpaired) electrons. The highest BCUT2D eigenvalue weighted by Crippen LogP contribution is 2.31. The van der Waals surface area contributed by atoms with Crippen molar-refractivity contribution < 1.29 is 28.2 Å². The number of carbonyl (C=O) groups excluding carboxylic acids is 2. The van der Waals surface area contributed by atoms with Crippen LogP contribution in [-0.4, -0.2) is 85.9 Å². The summed E-state index contributed by atoms with van der Waals surface area (Å²) in [4.78, 5) is 32.6. The van der Waals surface area contributed by atoms with Crippen molar-refractivity contribution >= 4 is 17.6 Å². The van der Waals surface area contributed by atoms with E-state index in [1.54, 1.807) is 55.5 Å². The Morgan fingerprint density at radius 2 is 1.62 bits per heavy atom. The molecule has 0 atom stereocenters. The van der Waals surface area contributed by atoms with E-state index in [1.807, 2.05) is 30.3 Å².